The predicted molar refractivity (Wildman–Crippen MR) is 106 cm³/mol. The highest BCUT2D eigenvalue weighted by Crippen LogP contribution is 2.19. The van der Waals surface area contributed by atoms with Gasteiger partial charge < -0.3 is 9.80 Å². The van der Waals surface area contributed by atoms with Crippen molar-refractivity contribution in [2.75, 3.05) is 31.9 Å². The molecule has 3 rings (SSSR count). The number of hydrogen-bond donors (Lipinski definition) is 0. The van der Waals surface area contributed by atoms with Crippen LogP contribution >= 0.6 is 11.8 Å². The van der Waals surface area contributed by atoms with Gasteiger partial charge in [-0.25, -0.2) is 4.98 Å². The first kappa shape index (κ1) is 19.4. The van der Waals surface area contributed by atoms with Crippen LogP contribution in [-0.2, 0) is 16.1 Å². The van der Waals surface area contributed by atoms with Crippen molar-refractivity contribution in [1.82, 2.24) is 19.4 Å². The first-order valence-electron chi connectivity index (χ1n) is 9.17. The van der Waals surface area contributed by atoms with Gasteiger partial charge in [0.15, 0.2) is 5.16 Å². The Morgan fingerprint density at radius 1 is 1.11 bits per heavy atom. The van der Waals surface area contributed by atoms with Gasteiger partial charge in [0.05, 0.1) is 16.7 Å². The van der Waals surface area contributed by atoms with Crippen LogP contribution < -0.4 is 5.56 Å². The summed E-state index contributed by atoms with van der Waals surface area (Å²) in [7, 11) is 0. The number of aromatic nitrogens is 2. The van der Waals surface area contributed by atoms with Gasteiger partial charge in [-0.05, 0) is 18.6 Å². The molecule has 0 spiro atoms. The zero-order valence-electron chi connectivity index (χ0n) is 15.7. The molecule has 1 aliphatic rings. The monoisotopic (exact) mass is 388 g/mol. The summed E-state index contributed by atoms with van der Waals surface area (Å²) in [5, 5.41) is 1.18. The third kappa shape index (κ3) is 4.32. The van der Waals surface area contributed by atoms with Gasteiger partial charge in [0.1, 0.15) is 0 Å². The van der Waals surface area contributed by atoms with Crippen molar-refractivity contribution in [1.29, 1.82) is 0 Å². The van der Waals surface area contributed by atoms with Gasteiger partial charge in [-0.15, -0.1) is 0 Å². The SMILES string of the molecule is CCCn1c(SCC(=O)N2CCN(C(C)=O)CC2)nc2ccccc2c1=O. The number of piperazine rings is 1. The Morgan fingerprint density at radius 2 is 1.78 bits per heavy atom. The second-order valence-corrected chi connectivity index (χ2v) is 7.49. The molecule has 2 heterocycles. The molecule has 0 unspecified atom stereocenters. The minimum Gasteiger partial charge on any atom is -0.339 e. The molecule has 1 aromatic heterocycles. The van der Waals surface area contributed by atoms with Crippen molar-refractivity contribution >= 4 is 34.5 Å². The van der Waals surface area contributed by atoms with E-state index in [9.17, 15) is 14.4 Å². The van der Waals surface area contributed by atoms with Crippen molar-refractivity contribution in [3.05, 3.63) is 34.6 Å². The molecule has 2 aromatic rings. The van der Waals surface area contributed by atoms with Gasteiger partial charge in [-0.1, -0.05) is 30.8 Å². The molecule has 0 saturated carbocycles. The maximum atomic E-state index is 12.8. The average Bonchev–Trinajstić information content (AvgIpc) is 2.68. The topological polar surface area (TPSA) is 75.5 Å². The first-order chi connectivity index (χ1) is 13.0. The predicted octanol–water partition coefficient (Wildman–Crippen LogP) is 1.59. The lowest BCUT2D eigenvalue weighted by atomic mass is 10.2. The van der Waals surface area contributed by atoms with Crippen LogP contribution in [0.4, 0.5) is 0 Å². The Kier molecular flexibility index (Phi) is 6.15. The van der Waals surface area contributed by atoms with Gasteiger partial charge in [0.25, 0.3) is 5.56 Å². The Hall–Kier alpha value is -2.35. The molecular formula is C19H24N4O3S. The average molecular weight is 388 g/mol. The van der Waals surface area contributed by atoms with Crippen LogP contribution in [-0.4, -0.2) is 63.1 Å². The van der Waals surface area contributed by atoms with E-state index < -0.39 is 0 Å². The zero-order chi connectivity index (χ0) is 19.4. The van der Waals surface area contributed by atoms with Crippen LogP contribution in [0.5, 0.6) is 0 Å². The molecule has 0 bridgehead atoms. The summed E-state index contributed by atoms with van der Waals surface area (Å²) in [4.78, 5) is 44.8. The van der Waals surface area contributed by atoms with Gasteiger partial charge in [-0.3, -0.25) is 19.0 Å². The first-order valence-corrected chi connectivity index (χ1v) is 10.2. The maximum absolute atomic E-state index is 12.8. The fraction of sp³-hybridized carbons (Fsp3) is 0.474. The van der Waals surface area contributed by atoms with Gasteiger partial charge in [-0.2, -0.15) is 0 Å². The molecule has 1 aromatic carbocycles. The molecule has 1 fully saturated rings. The molecule has 0 radical (unpaired) electrons. The van der Waals surface area contributed by atoms with Crippen LogP contribution in [0.25, 0.3) is 10.9 Å². The zero-order valence-corrected chi connectivity index (χ0v) is 16.5. The number of carbonyl (C=O) groups is 2. The Balaban J connectivity index is 1.73. The van der Waals surface area contributed by atoms with E-state index in [4.69, 9.17) is 0 Å². The van der Waals surface area contributed by atoms with Gasteiger partial charge in [0.2, 0.25) is 11.8 Å². The minimum absolute atomic E-state index is 0.00802. The minimum atomic E-state index is -0.0625. The molecule has 0 N–H and O–H groups in total. The molecule has 27 heavy (non-hydrogen) atoms. The molecule has 0 atom stereocenters. The third-order valence-electron chi connectivity index (χ3n) is 4.68. The number of amides is 2. The van der Waals surface area contributed by atoms with Crippen molar-refractivity contribution in [3.8, 4) is 0 Å². The lowest BCUT2D eigenvalue weighted by Crippen LogP contribution is -2.50. The van der Waals surface area contributed by atoms with E-state index in [0.717, 1.165) is 6.42 Å². The summed E-state index contributed by atoms with van der Waals surface area (Å²) in [6.45, 7) is 6.37. The summed E-state index contributed by atoms with van der Waals surface area (Å²) in [6, 6.07) is 7.29. The number of benzene rings is 1. The molecule has 7 nitrogen and oxygen atoms in total. The maximum Gasteiger partial charge on any atom is 0.262 e. The highest BCUT2D eigenvalue weighted by molar-refractivity contribution is 7.99. The quantitative estimate of drug-likeness (QED) is 0.574. The van der Waals surface area contributed by atoms with E-state index in [1.165, 1.54) is 11.8 Å². The Bertz CT molecular complexity index is 903. The second-order valence-electron chi connectivity index (χ2n) is 6.54. The fourth-order valence-electron chi connectivity index (χ4n) is 3.17. The normalized spacial score (nSPS) is 14.6. The molecule has 1 aliphatic heterocycles. The van der Waals surface area contributed by atoms with Crippen molar-refractivity contribution < 1.29 is 9.59 Å². The highest BCUT2D eigenvalue weighted by atomic mass is 32.2. The van der Waals surface area contributed by atoms with E-state index in [-0.39, 0.29) is 23.1 Å². The number of nitrogens with zero attached hydrogens (tertiary/aromatic N) is 4. The van der Waals surface area contributed by atoms with Crippen LogP contribution in [0, 0.1) is 0 Å². The summed E-state index contributed by atoms with van der Waals surface area (Å²) in [6.07, 6.45) is 0.814. The summed E-state index contributed by atoms with van der Waals surface area (Å²) in [5.74, 6) is 0.281. The number of hydrogen-bond acceptors (Lipinski definition) is 5. The van der Waals surface area contributed by atoms with E-state index in [0.29, 0.717) is 48.8 Å². The van der Waals surface area contributed by atoms with Gasteiger partial charge >= 0.3 is 0 Å². The van der Waals surface area contributed by atoms with Crippen molar-refractivity contribution in [3.63, 3.8) is 0 Å². The number of para-hydroxylation sites is 1. The summed E-state index contributed by atoms with van der Waals surface area (Å²) in [5.41, 5.74) is 0.590. The Morgan fingerprint density at radius 3 is 2.44 bits per heavy atom. The summed E-state index contributed by atoms with van der Waals surface area (Å²) < 4.78 is 1.66. The Labute approximate surface area is 162 Å². The standard InChI is InChI=1S/C19H24N4O3S/c1-3-8-23-18(26)15-6-4-5-7-16(15)20-19(23)27-13-17(25)22-11-9-21(10-12-22)14(2)24/h4-7H,3,8-13H2,1-2H3. The van der Waals surface area contributed by atoms with Crippen molar-refractivity contribution in [2.45, 2.75) is 32.0 Å². The lowest BCUT2D eigenvalue weighted by molar-refractivity contribution is -0.136. The highest BCUT2D eigenvalue weighted by Gasteiger charge is 2.23. The van der Waals surface area contributed by atoms with E-state index in [2.05, 4.69) is 4.98 Å². The third-order valence-corrected chi connectivity index (χ3v) is 5.64. The van der Waals surface area contributed by atoms with Crippen LogP contribution in [0.1, 0.15) is 20.3 Å². The van der Waals surface area contributed by atoms with E-state index >= 15 is 0 Å². The number of rotatable bonds is 5. The molecule has 144 valence electrons. The van der Waals surface area contributed by atoms with Crippen LogP contribution in [0.3, 0.4) is 0 Å². The van der Waals surface area contributed by atoms with E-state index in [1.54, 1.807) is 27.4 Å². The number of carbonyl (C=O) groups excluding carboxylic acids is 2. The summed E-state index contributed by atoms with van der Waals surface area (Å²) >= 11 is 1.30. The molecule has 2 amide bonds. The number of thioether (sulfide) groups is 1. The smallest absolute Gasteiger partial charge is 0.262 e. The van der Waals surface area contributed by atoms with Crippen LogP contribution in [0.2, 0.25) is 0 Å². The molecule has 1 saturated heterocycles. The molecular weight excluding hydrogens is 364 g/mol. The second kappa shape index (κ2) is 8.56. The van der Waals surface area contributed by atoms with Gasteiger partial charge in [0, 0.05) is 39.6 Å². The largest absolute Gasteiger partial charge is 0.339 e. The fourth-order valence-corrected chi connectivity index (χ4v) is 4.10. The van der Waals surface area contributed by atoms with Crippen LogP contribution in [0.15, 0.2) is 34.2 Å². The van der Waals surface area contributed by atoms with Crippen molar-refractivity contribution in [2.24, 2.45) is 0 Å². The number of fused-ring (bicyclic) bond motifs is 1. The van der Waals surface area contributed by atoms with E-state index in [1.807, 2.05) is 25.1 Å². The molecule has 0 aliphatic carbocycles. The lowest BCUT2D eigenvalue weighted by Gasteiger charge is -2.34. The molecule has 8 heteroatoms.